The van der Waals surface area contributed by atoms with E-state index >= 15 is 0 Å². The normalized spacial score (nSPS) is 18.9. The van der Waals surface area contributed by atoms with Crippen molar-refractivity contribution in [1.29, 1.82) is 0 Å². The Morgan fingerprint density at radius 2 is 1.91 bits per heavy atom. The summed E-state index contributed by atoms with van der Waals surface area (Å²) in [6, 6.07) is 13.4. The standard InChI is InChI=1S/C26H31N5O2S/c1-18-9-6-7-13-23(18)31-25(21-12-8-14-27-16-21)29-30-26(31)34-17-24(33)28-22(19(2)32)15-20-10-4-3-5-11-20/h3-5,8,10-12,14,16,18,22-23H,6-7,9,13,15,17H2,1-2H3,(H,28,33)/t18-,22+,23-/m1/s1. The predicted molar refractivity (Wildman–Crippen MR) is 133 cm³/mol. The van der Waals surface area contributed by atoms with Crippen LogP contribution >= 0.6 is 11.8 Å². The molecule has 0 aliphatic heterocycles. The molecular formula is C26H31N5O2S. The van der Waals surface area contributed by atoms with Crippen LogP contribution in [0.1, 0.15) is 51.1 Å². The third-order valence-corrected chi connectivity index (χ3v) is 7.37. The first-order chi connectivity index (χ1) is 16.5. The number of benzene rings is 1. The first kappa shape index (κ1) is 24.1. The Labute approximate surface area is 204 Å². The van der Waals surface area contributed by atoms with Gasteiger partial charge in [-0.1, -0.05) is 61.9 Å². The lowest BCUT2D eigenvalue weighted by Crippen LogP contribution is -2.42. The number of nitrogens with one attached hydrogen (secondary N) is 1. The van der Waals surface area contributed by atoms with Crippen LogP contribution in [0.4, 0.5) is 0 Å². The molecule has 1 fully saturated rings. The predicted octanol–water partition coefficient (Wildman–Crippen LogP) is 4.50. The number of thioether (sulfide) groups is 1. The van der Waals surface area contributed by atoms with Gasteiger partial charge in [0.2, 0.25) is 5.91 Å². The van der Waals surface area contributed by atoms with Crippen molar-refractivity contribution in [3.8, 4) is 11.4 Å². The van der Waals surface area contributed by atoms with Gasteiger partial charge in [-0.3, -0.25) is 19.1 Å². The van der Waals surface area contributed by atoms with Crippen molar-refractivity contribution in [2.75, 3.05) is 5.75 Å². The zero-order valence-corrected chi connectivity index (χ0v) is 20.5. The Morgan fingerprint density at radius 3 is 2.62 bits per heavy atom. The Balaban J connectivity index is 1.49. The molecule has 1 aliphatic carbocycles. The highest BCUT2D eigenvalue weighted by atomic mass is 32.2. The Hall–Kier alpha value is -3.00. The van der Waals surface area contributed by atoms with Crippen LogP contribution in [-0.2, 0) is 16.0 Å². The van der Waals surface area contributed by atoms with E-state index in [0.717, 1.165) is 28.5 Å². The Kier molecular flexibility index (Phi) is 8.11. The molecule has 178 valence electrons. The summed E-state index contributed by atoms with van der Waals surface area (Å²) in [5.74, 6) is 1.22. The topological polar surface area (TPSA) is 89.8 Å². The van der Waals surface area contributed by atoms with Gasteiger partial charge in [-0.15, -0.1) is 10.2 Å². The van der Waals surface area contributed by atoms with Crippen LogP contribution in [-0.4, -0.2) is 43.2 Å². The van der Waals surface area contributed by atoms with E-state index in [1.54, 1.807) is 12.4 Å². The van der Waals surface area contributed by atoms with Gasteiger partial charge in [0.25, 0.3) is 0 Å². The first-order valence-corrected chi connectivity index (χ1v) is 12.8. The van der Waals surface area contributed by atoms with Crippen molar-refractivity contribution < 1.29 is 9.59 Å². The van der Waals surface area contributed by atoms with Gasteiger partial charge in [-0.2, -0.15) is 0 Å². The maximum absolute atomic E-state index is 12.8. The highest BCUT2D eigenvalue weighted by Crippen LogP contribution is 2.38. The van der Waals surface area contributed by atoms with Crippen LogP contribution in [0.15, 0.2) is 60.0 Å². The molecule has 1 N–H and O–H groups in total. The van der Waals surface area contributed by atoms with Crippen LogP contribution in [0, 0.1) is 5.92 Å². The molecule has 0 radical (unpaired) electrons. The molecule has 1 amide bonds. The molecule has 1 aromatic carbocycles. The average Bonchev–Trinajstić information content (AvgIpc) is 3.27. The molecule has 0 bridgehead atoms. The maximum atomic E-state index is 12.8. The van der Waals surface area contributed by atoms with Crippen molar-refractivity contribution in [2.24, 2.45) is 5.92 Å². The average molecular weight is 478 g/mol. The van der Waals surface area contributed by atoms with E-state index in [4.69, 9.17) is 0 Å². The van der Waals surface area contributed by atoms with E-state index in [0.29, 0.717) is 12.3 Å². The van der Waals surface area contributed by atoms with Gasteiger partial charge in [-0.25, -0.2) is 0 Å². The van der Waals surface area contributed by atoms with Crippen molar-refractivity contribution >= 4 is 23.5 Å². The molecular weight excluding hydrogens is 446 g/mol. The first-order valence-electron chi connectivity index (χ1n) is 11.8. The molecule has 0 saturated heterocycles. The number of aromatic nitrogens is 4. The monoisotopic (exact) mass is 477 g/mol. The van der Waals surface area contributed by atoms with Gasteiger partial charge in [0, 0.05) is 24.0 Å². The van der Waals surface area contributed by atoms with Crippen LogP contribution in [0.5, 0.6) is 0 Å². The number of hydrogen-bond acceptors (Lipinski definition) is 6. The molecule has 7 nitrogen and oxygen atoms in total. The van der Waals surface area contributed by atoms with Gasteiger partial charge in [-0.05, 0) is 49.8 Å². The third-order valence-electron chi connectivity index (χ3n) is 6.42. The molecule has 0 spiro atoms. The van der Waals surface area contributed by atoms with Crippen molar-refractivity contribution in [1.82, 2.24) is 25.1 Å². The van der Waals surface area contributed by atoms with Crippen LogP contribution in [0.25, 0.3) is 11.4 Å². The maximum Gasteiger partial charge on any atom is 0.231 e. The zero-order valence-electron chi connectivity index (χ0n) is 19.7. The minimum atomic E-state index is -0.544. The largest absolute Gasteiger partial charge is 0.345 e. The quantitative estimate of drug-likeness (QED) is 0.457. The fourth-order valence-electron chi connectivity index (χ4n) is 4.56. The Bertz CT molecular complexity index is 1100. The van der Waals surface area contributed by atoms with E-state index in [-0.39, 0.29) is 23.5 Å². The molecule has 3 atom stereocenters. The summed E-state index contributed by atoms with van der Waals surface area (Å²) < 4.78 is 2.20. The molecule has 1 saturated carbocycles. The number of rotatable bonds is 9. The van der Waals surface area contributed by atoms with E-state index in [2.05, 4.69) is 32.0 Å². The molecule has 3 aromatic rings. The summed E-state index contributed by atoms with van der Waals surface area (Å²) in [4.78, 5) is 29.2. The fourth-order valence-corrected chi connectivity index (χ4v) is 5.36. The lowest BCUT2D eigenvalue weighted by Gasteiger charge is -2.31. The van der Waals surface area contributed by atoms with Crippen molar-refractivity contribution in [2.45, 2.75) is 63.2 Å². The van der Waals surface area contributed by atoms with Crippen LogP contribution in [0.2, 0.25) is 0 Å². The number of nitrogens with zero attached hydrogens (tertiary/aromatic N) is 4. The van der Waals surface area contributed by atoms with Crippen LogP contribution < -0.4 is 5.32 Å². The van der Waals surface area contributed by atoms with Gasteiger partial charge >= 0.3 is 0 Å². The molecule has 2 aromatic heterocycles. The third kappa shape index (κ3) is 5.91. The number of Topliss-reactive ketones (excluding diaryl/α,β-unsaturated/α-hetero) is 1. The number of hydrogen-bond donors (Lipinski definition) is 1. The molecule has 1 aliphatic rings. The lowest BCUT2D eigenvalue weighted by molar-refractivity contribution is -0.125. The molecule has 4 rings (SSSR count). The van der Waals surface area contributed by atoms with E-state index in [1.165, 1.54) is 37.9 Å². The van der Waals surface area contributed by atoms with E-state index in [1.807, 2.05) is 42.5 Å². The van der Waals surface area contributed by atoms with Crippen molar-refractivity contribution in [3.63, 3.8) is 0 Å². The van der Waals surface area contributed by atoms with E-state index < -0.39 is 6.04 Å². The smallest absolute Gasteiger partial charge is 0.231 e. The fraction of sp³-hybridized carbons (Fsp3) is 0.423. The number of carbonyl (C=O) groups excluding carboxylic acids is 2. The summed E-state index contributed by atoms with van der Waals surface area (Å²) >= 11 is 1.37. The Morgan fingerprint density at radius 1 is 1.12 bits per heavy atom. The molecule has 34 heavy (non-hydrogen) atoms. The SMILES string of the molecule is CC(=O)[C@H](Cc1ccccc1)NC(=O)CSc1nnc(-c2cccnc2)n1[C@@H]1CCCC[C@H]1C. The van der Waals surface area contributed by atoms with Gasteiger partial charge in [0.15, 0.2) is 16.8 Å². The number of pyridine rings is 1. The highest BCUT2D eigenvalue weighted by molar-refractivity contribution is 7.99. The summed E-state index contributed by atoms with van der Waals surface area (Å²) in [6.45, 7) is 3.79. The summed E-state index contributed by atoms with van der Waals surface area (Å²) in [7, 11) is 0. The van der Waals surface area contributed by atoms with Crippen LogP contribution in [0.3, 0.4) is 0 Å². The zero-order chi connectivity index (χ0) is 23.9. The number of carbonyl (C=O) groups is 2. The second-order valence-corrected chi connectivity index (χ2v) is 9.90. The van der Waals surface area contributed by atoms with Gasteiger partial charge < -0.3 is 5.32 Å². The summed E-state index contributed by atoms with van der Waals surface area (Å²) in [6.07, 6.45) is 8.66. The summed E-state index contributed by atoms with van der Waals surface area (Å²) in [5.41, 5.74) is 1.94. The minimum absolute atomic E-state index is 0.0553. The van der Waals surface area contributed by atoms with E-state index in [9.17, 15) is 9.59 Å². The number of ketones is 1. The van der Waals surface area contributed by atoms with Crippen molar-refractivity contribution in [3.05, 3.63) is 60.4 Å². The molecule has 2 heterocycles. The summed E-state index contributed by atoms with van der Waals surface area (Å²) in [5, 5.41) is 12.6. The second-order valence-electron chi connectivity index (χ2n) is 8.96. The minimum Gasteiger partial charge on any atom is -0.345 e. The van der Waals surface area contributed by atoms with Gasteiger partial charge in [0.05, 0.1) is 11.8 Å². The highest BCUT2D eigenvalue weighted by Gasteiger charge is 2.29. The molecule has 8 heteroatoms. The second kappa shape index (κ2) is 11.4. The lowest BCUT2D eigenvalue weighted by atomic mass is 9.85. The number of amides is 1. The molecule has 0 unspecified atom stereocenters. The van der Waals surface area contributed by atoms with Gasteiger partial charge in [0.1, 0.15) is 0 Å².